The van der Waals surface area contributed by atoms with Gasteiger partial charge in [-0.2, -0.15) is 5.10 Å². The van der Waals surface area contributed by atoms with Crippen molar-refractivity contribution in [2.24, 2.45) is 13.0 Å². The SMILES string of the molecule is Cn1cccc1-c1cc(C(=O)N2CCC([C@H](O)c3cccs3)CC2)[nH]n1. The number of piperidine rings is 1. The maximum absolute atomic E-state index is 12.8. The van der Waals surface area contributed by atoms with Crippen LogP contribution in [0.3, 0.4) is 0 Å². The maximum atomic E-state index is 12.8. The van der Waals surface area contributed by atoms with Gasteiger partial charge in [0.2, 0.25) is 0 Å². The minimum atomic E-state index is -0.427. The number of aromatic nitrogens is 3. The van der Waals surface area contributed by atoms with Crippen LogP contribution in [0.15, 0.2) is 41.9 Å². The lowest BCUT2D eigenvalue weighted by molar-refractivity contribution is 0.0470. The molecule has 0 unspecified atom stereocenters. The summed E-state index contributed by atoms with van der Waals surface area (Å²) in [6.45, 7) is 1.31. The molecule has 1 aliphatic rings. The standard InChI is InChI=1S/C19H22N4O2S/c1-22-8-2-4-16(22)14-12-15(21-20-14)19(25)23-9-6-13(7-10-23)18(24)17-5-3-11-26-17/h2-5,8,11-13,18,24H,6-7,9-10H2,1H3,(H,20,21)/t18-/m0/s1. The van der Waals surface area contributed by atoms with Gasteiger partial charge in [-0.05, 0) is 48.4 Å². The quantitative estimate of drug-likeness (QED) is 0.741. The number of likely N-dealkylation sites (tertiary alicyclic amines) is 1. The van der Waals surface area contributed by atoms with Gasteiger partial charge in [0, 0.05) is 31.2 Å². The molecule has 1 saturated heterocycles. The van der Waals surface area contributed by atoms with E-state index in [1.807, 2.05) is 58.4 Å². The Balaban J connectivity index is 1.40. The number of hydrogen-bond donors (Lipinski definition) is 2. The third-order valence-electron chi connectivity index (χ3n) is 5.12. The van der Waals surface area contributed by atoms with Gasteiger partial charge in [-0.1, -0.05) is 6.07 Å². The molecule has 6 nitrogen and oxygen atoms in total. The molecule has 26 heavy (non-hydrogen) atoms. The Kier molecular flexibility index (Phi) is 4.65. The summed E-state index contributed by atoms with van der Waals surface area (Å²) in [6, 6.07) is 9.67. The Morgan fingerprint density at radius 2 is 2.15 bits per heavy atom. The summed E-state index contributed by atoms with van der Waals surface area (Å²) in [5, 5.41) is 19.6. The molecule has 7 heteroatoms. The second-order valence-electron chi connectivity index (χ2n) is 6.76. The molecule has 0 aromatic carbocycles. The molecule has 0 aliphatic carbocycles. The van der Waals surface area contributed by atoms with E-state index in [1.165, 1.54) is 0 Å². The van der Waals surface area contributed by atoms with Crippen LogP contribution in [0.25, 0.3) is 11.4 Å². The summed E-state index contributed by atoms with van der Waals surface area (Å²) in [5.41, 5.74) is 2.25. The van der Waals surface area contributed by atoms with Crippen molar-refractivity contribution >= 4 is 17.2 Å². The Morgan fingerprint density at radius 1 is 1.35 bits per heavy atom. The molecule has 1 aliphatic heterocycles. The minimum absolute atomic E-state index is 0.0259. The summed E-state index contributed by atoms with van der Waals surface area (Å²) >= 11 is 1.59. The number of H-pyrrole nitrogens is 1. The van der Waals surface area contributed by atoms with Gasteiger partial charge in [-0.25, -0.2) is 0 Å². The lowest BCUT2D eigenvalue weighted by Gasteiger charge is -2.33. The van der Waals surface area contributed by atoms with E-state index >= 15 is 0 Å². The lowest BCUT2D eigenvalue weighted by atomic mass is 9.90. The predicted molar refractivity (Wildman–Crippen MR) is 101 cm³/mol. The van der Waals surface area contributed by atoms with Crippen LogP contribution < -0.4 is 0 Å². The second kappa shape index (κ2) is 7.09. The Labute approximate surface area is 156 Å². The van der Waals surface area contributed by atoms with Crippen LogP contribution in [0.5, 0.6) is 0 Å². The molecule has 136 valence electrons. The number of aliphatic hydroxyl groups is 1. The van der Waals surface area contributed by atoms with Crippen LogP contribution in [0, 0.1) is 5.92 Å². The van der Waals surface area contributed by atoms with Crippen molar-refractivity contribution in [2.75, 3.05) is 13.1 Å². The predicted octanol–water partition coefficient (Wildman–Crippen LogP) is 3.06. The smallest absolute Gasteiger partial charge is 0.271 e. The number of amides is 1. The van der Waals surface area contributed by atoms with Crippen molar-refractivity contribution in [1.29, 1.82) is 0 Å². The van der Waals surface area contributed by atoms with Gasteiger partial charge < -0.3 is 14.6 Å². The number of nitrogens with zero attached hydrogens (tertiary/aromatic N) is 3. The van der Waals surface area contributed by atoms with Crippen LogP contribution in [0.4, 0.5) is 0 Å². The monoisotopic (exact) mass is 370 g/mol. The first-order valence-electron chi connectivity index (χ1n) is 8.81. The van der Waals surface area contributed by atoms with E-state index < -0.39 is 6.10 Å². The highest BCUT2D eigenvalue weighted by Crippen LogP contribution is 2.33. The van der Waals surface area contributed by atoms with Crippen LogP contribution in [0.2, 0.25) is 0 Å². The number of rotatable bonds is 4. The van der Waals surface area contributed by atoms with Crippen molar-refractivity contribution in [3.05, 3.63) is 52.5 Å². The first-order chi connectivity index (χ1) is 12.6. The van der Waals surface area contributed by atoms with Crippen molar-refractivity contribution in [3.8, 4) is 11.4 Å². The molecule has 1 amide bonds. The molecular weight excluding hydrogens is 348 g/mol. The molecule has 3 aromatic heterocycles. The van der Waals surface area contributed by atoms with Gasteiger partial charge >= 0.3 is 0 Å². The number of aliphatic hydroxyl groups excluding tert-OH is 1. The number of thiophene rings is 1. The summed E-state index contributed by atoms with van der Waals surface area (Å²) in [4.78, 5) is 15.6. The Bertz CT molecular complexity index is 875. The van der Waals surface area contributed by atoms with Gasteiger partial charge in [0.1, 0.15) is 11.4 Å². The van der Waals surface area contributed by atoms with Gasteiger partial charge in [0.25, 0.3) is 5.91 Å². The van der Waals surface area contributed by atoms with Crippen molar-refractivity contribution in [2.45, 2.75) is 18.9 Å². The highest BCUT2D eigenvalue weighted by Gasteiger charge is 2.29. The third-order valence-corrected chi connectivity index (χ3v) is 6.07. The Morgan fingerprint density at radius 3 is 2.81 bits per heavy atom. The highest BCUT2D eigenvalue weighted by atomic mass is 32.1. The molecule has 1 atom stereocenters. The summed E-state index contributed by atoms with van der Waals surface area (Å²) in [7, 11) is 1.95. The molecule has 0 radical (unpaired) electrons. The summed E-state index contributed by atoms with van der Waals surface area (Å²) in [5.74, 6) is 0.181. The zero-order valence-corrected chi connectivity index (χ0v) is 15.4. The van der Waals surface area contributed by atoms with Gasteiger partial charge in [0.05, 0.1) is 11.8 Å². The number of aromatic amines is 1. The van der Waals surface area contributed by atoms with Crippen LogP contribution in [-0.4, -0.2) is 43.8 Å². The number of hydrogen-bond acceptors (Lipinski definition) is 4. The Hall–Kier alpha value is -2.38. The fraction of sp³-hybridized carbons (Fsp3) is 0.368. The molecule has 0 spiro atoms. The zero-order valence-electron chi connectivity index (χ0n) is 14.6. The summed E-state index contributed by atoms with van der Waals surface area (Å²) < 4.78 is 1.97. The first kappa shape index (κ1) is 17.1. The average Bonchev–Trinajstić information content (AvgIpc) is 3.41. The fourth-order valence-electron chi connectivity index (χ4n) is 3.57. The van der Waals surface area contributed by atoms with Gasteiger partial charge in [-0.3, -0.25) is 9.89 Å². The molecule has 1 fully saturated rings. The molecule has 4 heterocycles. The lowest BCUT2D eigenvalue weighted by Crippen LogP contribution is -2.39. The number of nitrogens with one attached hydrogen (secondary N) is 1. The molecular formula is C19H22N4O2S. The minimum Gasteiger partial charge on any atom is -0.387 e. The van der Waals surface area contributed by atoms with Crippen molar-refractivity contribution in [3.63, 3.8) is 0 Å². The second-order valence-corrected chi connectivity index (χ2v) is 7.74. The molecule has 0 saturated carbocycles. The highest BCUT2D eigenvalue weighted by molar-refractivity contribution is 7.10. The van der Waals surface area contributed by atoms with E-state index in [4.69, 9.17) is 0 Å². The van der Waals surface area contributed by atoms with Gasteiger partial charge in [-0.15, -0.1) is 11.3 Å². The summed E-state index contributed by atoms with van der Waals surface area (Å²) in [6.07, 6.45) is 3.14. The van der Waals surface area contributed by atoms with E-state index in [-0.39, 0.29) is 11.8 Å². The number of carbonyl (C=O) groups excluding carboxylic acids is 1. The average molecular weight is 370 g/mol. The molecule has 2 N–H and O–H groups in total. The van der Waals surface area contributed by atoms with Crippen molar-refractivity contribution < 1.29 is 9.90 Å². The van der Waals surface area contributed by atoms with E-state index in [9.17, 15) is 9.90 Å². The topological polar surface area (TPSA) is 74.2 Å². The molecule has 0 bridgehead atoms. The van der Waals surface area contributed by atoms with E-state index in [0.717, 1.165) is 29.1 Å². The van der Waals surface area contributed by atoms with Crippen molar-refractivity contribution in [1.82, 2.24) is 19.7 Å². The molecule has 4 rings (SSSR count). The largest absolute Gasteiger partial charge is 0.387 e. The van der Waals surface area contributed by atoms with Crippen LogP contribution in [0.1, 0.15) is 34.3 Å². The molecule has 3 aromatic rings. The normalized spacial score (nSPS) is 16.8. The van der Waals surface area contributed by atoms with E-state index in [1.54, 1.807) is 11.3 Å². The number of carbonyl (C=O) groups is 1. The fourth-order valence-corrected chi connectivity index (χ4v) is 4.37. The first-order valence-corrected chi connectivity index (χ1v) is 9.69. The zero-order chi connectivity index (χ0) is 18.1. The van der Waals surface area contributed by atoms with Crippen LogP contribution in [-0.2, 0) is 7.05 Å². The third kappa shape index (κ3) is 3.20. The maximum Gasteiger partial charge on any atom is 0.271 e. The van der Waals surface area contributed by atoms with Crippen LogP contribution >= 0.6 is 11.3 Å². The van der Waals surface area contributed by atoms with E-state index in [0.29, 0.717) is 18.8 Å². The van der Waals surface area contributed by atoms with E-state index in [2.05, 4.69) is 10.2 Å². The number of aryl methyl sites for hydroxylation is 1. The van der Waals surface area contributed by atoms with Gasteiger partial charge in [0.15, 0.2) is 0 Å².